The van der Waals surface area contributed by atoms with Crippen molar-refractivity contribution in [1.82, 2.24) is 5.32 Å². The molecule has 3 heteroatoms. The third-order valence-corrected chi connectivity index (χ3v) is 0.663. The van der Waals surface area contributed by atoms with Gasteiger partial charge in [-0.15, -0.1) is 0 Å². The van der Waals surface area contributed by atoms with Gasteiger partial charge in [0, 0.05) is 0 Å². The van der Waals surface area contributed by atoms with E-state index < -0.39 is 0 Å². The molecule has 0 bridgehead atoms. The molecule has 1 heterocycles. The van der Waals surface area contributed by atoms with Gasteiger partial charge in [0.25, 0.3) is 0 Å². The van der Waals surface area contributed by atoms with Crippen molar-refractivity contribution < 1.29 is 5.06 Å². The smallest absolute Gasteiger partial charge is 0.154 e. The number of hydroxylamine groups is 2. The van der Waals surface area contributed by atoms with E-state index in [2.05, 4.69) is 5.32 Å². The highest BCUT2D eigenvalue weighted by Crippen LogP contribution is 1.57. The predicted molar refractivity (Wildman–Crippen MR) is 21.5 cm³/mol. The van der Waals surface area contributed by atoms with Crippen molar-refractivity contribution in [1.29, 1.82) is 0 Å². The summed E-state index contributed by atoms with van der Waals surface area (Å²) >= 11 is 0. The average molecular weight is 86.1 g/mol. The average Bonchev–Trinajstić information content (AvgIpc) is 1.86. The molecule has 0 saturated carbocycles. The molecule has 0 aromatic carbocycles. The van der Waals surface area contributed by atoms with Crippen LogP contribution >= 0.6 is 0 Å². The predicted octanol–water partition coefficient (Wildman–Crippen LogP) is -1.60. The van der Waals surface area contributed by atoms with E-state index in [1.54, 1.807) is 6.20 Å². The zero-order valence-electron chi connectivity index (χ0n) is 3.27. The maximum atomic E-state index is 10.1. The van der Waals surface area contributed by atoms with E-state index in [4.69, 9.17) is 0 Å². The third kappa shape index (κ3) is 0.502. The van der Waals surface area contributed by atoms with Crippen LogP contribution in [0, 0.1) is 5.21 Å². The normalized spacial score (nSPS) is 30.5. The van der Waals surface area contributed by atoms with Crippen molar-refractivity contribution in [2.75, 3.05) is 6.67 Å². The highest BCUT2D eigenvalue weighted by atomic mass is 16.5. The van der Waals surface area contributed by atoms with E-state index >= 15 is 0 Å². The number of quaternary nitrogens is 1. The molecule has 1 unspecified atom stereocenters. The number of hydrogen-bond acceptors (Lipinski definition) is 2. The molecular weight excluding hydrogens is 80.0 g/mol. The molecule has 2 N–H and O–H groups in total. The molecule has 0 aromatic rings. The zero-order chi connectivity index (χ0) is 4.41. The Morgan fingerprint density at radius 2 is 2.67 bits per heavy atom. The van der Waals surface area contributed by atoms with Gasteiger partial charge >= 0.3 is 0 Å². The fourth-order valence-corrected chi connectivity index (χ4v) is 0.370. The molecule has 1 rings (SSSR count). The van der Waals surface area contributed by atoms with Crippen molar-refractivity contribution in [2.24, 2.45) is 0 Å². The Balaban J connectivity index is 2.38. The first kappa shape index (κ1) is 3.64. The van der Waals surface area contributed by atoms with E-state index in [9.17, 15) is 5.21 Å². The van der Waals surface area contributed by atoms with Gasteiger partial charge in [-0.3, -0.25) is 0 Å². The quantitative estimate of drug-likeness (QED) is 0.348. The largest absolute Gasteiger partial charge is 0.628 e. The number of hydrogen-bond donors (Lipinski definition) is 2. The van der Waals surface area contributed by atoms with Crippen LogP contribution in [0.4, 0.5) is 0 Å². The summed E-state index contributed by atoms with van der Waals surface area (Å²) in [5.41, 5.74) is 0. The topological polar surface area (TPSA) is 39.5 Å². The van der Waals surface area contributed by atoms with Crippen LogP contribution in [0.25, 0.3) is 0 Å². The van der Waals surface area contributed by atoms with Gasteiger partial charge in [-0.2, -0.15) is 0 Å². The van der Waals surface area contributed by atoms with Gasteiger partial charge in [-0.05, 0) is 0 Å². The maximum Gasteiger partial charge on any atom is 0.154 e. The van der Waals surface area contributed by atoms with Gasteiger partial charge in [0.15, 0.2) is 6.67 Å². The molecule has 0 aliphatic carbocycles. The highest BCUT2D eigenvalue weighted by Gasteiger charge is 1.92. The van der Waals surface area contributed by atoms with Crippen molar-refractivity contribution in [3.05, 3.63) is 17.6 Å². The van der Waals surface area contributed by atoms with Crippen LogP contribution in [0.3, 0.4) is 0 Å². The Labute approximate surface area is 35.8 Å². The van der Waals surface area contributed by atoms with Gasteiger partial charge in [0.1, 0.15) is 6.20 Å². The molecule has 0 saturated heterocycles. The Morgan fingerprint density at radius 3 is 2.83 bits per heavy atom. The van der Waals surface area contributed by atoms with Crippen molar-refractivity contribution in [3.8, 4) is 0 Å². The summed E-state index contributed by atoms with van der Waals surface area (Å²) in [5.74, 6) is 0. The third-order valence-electron chi connectivity index (χ3n) is 0.663. The van der Waals surface area contributed by atoms with E-state index in [-0.39, 0.29) is 5.06 Å². The Morgan fingerprint density at radius 1 is 1.83 bits per heavy atom. The van der Waals surface area contributed by atoms with Crippen LogP contribution in [0.1, 0.15) is 0 Å². The SMILES string of the molecule is [O-][NH+]1C=CNC1. The fourth-order valence-electron chi connectivity index (χ4n) is 0.370. The lowest BCUT2D eigenvalue weighted by molar-refractivity contribution is -0.786. The van der Waals surface area contributed by atoms with Gasteiger partial charge in [0.05, 0.1) is 6.20 Å². The zero-order valence-corrected chi connectivity index (χ0v) is 3.27. The minimum atomic E-state index is 0.162. The van der Waals surface area contributed by atoms with E-state index in [1.165, 1.54) is 6.20 Å². The van der Waals surface area contributed by atoms with Crippen LogP contribution in [-0.2, 0) is 0 Å². The Kier molecular flexibility index (Phi) is 0.777. The van der Waals surface area contributed by atoms with Crippen molar-refractivity contribution in [2.45, 2.75) is 0 Å². The fraction of sp³-hybridized carbons (Fsp3) is 0.333. The molecule has 1 aliphatic heterocycles. The van der Waals surface area contributed by atoms with E-state index in [0.717, 1.165) is 0 Å². The summed E-state index contributed by atoms with van der Waals surface area (Å²) in [6, 6.07) is 0. The summed E-state index contributed by atoms with van der Waals surface area (Å²) in [4.78, 5) is 0. The molecule has 1 atom stereocenters. The Bertz CT molecular complexity index is 71.2. The number of nitrogens with one attached hydrogen (secondary N) is 2. The second-order valence-electron chi connectivity index (χ2n) is 1.18. The van der Waals surface area contributed by atoms with Crippen LogP contribution in [0.15, 0.2) is 12.4 Å². The second-order valence-corrected chi connectivity index (χ2v) is 1.18. The maximum absolute atomic E-state index is 10.1. The summed E-state index contributed by atoms with van der Waals surface area (Å²) in [6.45, 7) is 0.486. The van der Waals surface area contributed by atoms with Crippen molar-refractivity contribution in [3.63, 3.8) is 0 Å². The molecule has 1 aliphatic rings. The molecule has 0 radical (unpaired) electrons. The van der Waals surface area contributed by atoms with Crippen LogP contribution in [0.2, 0.25) is 0 Å². The lowest BCUT2D eigenvalue weighted by atomic mass is 11.0. The summed E-state index contributed by atoms with van der Waals surface area (Å²) < 4.78 is 0. The summed E-state index contributed by atoms with van der Waals surface area (Å²) in [7, 11) is 0. The molecule has 0 fully saturated rings. The first-order valence-corrected chi connectivity index (χ1v) is 1.82. The lowest BCUT2D eigenvalue weighted by Gasteiger charge is -2.08. The van der Waals surface area contributed by atoms with Gasteiger partial charge in [0.2, 0.25) is 0 Å². The standard InChI is InChI=1S/C3H6N2O/c6-5-2-1-4-3-5/h1-2,4-5H,3H2. The molecule has 0 spiro atoms. The first-order valence-electron chi connectivity index (χ1n) is 1.82. The highest BCUT2D eigenvalue weighted by molar-refractivity contribution is 4.71. The van der Waals surface area contributed by atoms with Crippen LogP contribution < -0.4 is 10.4 Å². The monoisotopic (exact) mass is 86.0 g/mol. The minimum absolute atomic E-state index is 0.162. The molecule has 3 nitrogen and oxygen atoms in total. The van der Waals surface area contributed by atoms with Gasteiger partial charge in [-0.25, -0.2) is 0 Å². The number of rotatable bonds is 0. The van der Waals surface area contributed by atoms with E-state index in [1.807, 2.05) is 0 Å². The lowest BCUT2D eigenvalue weighted by Crippen LogP contribution is -3.01. The van der Waals surface area contributed by atoms with E-state index in [0.29, 0.717) is 6.67 Å². The summed E-state index contributed by atoms with van der Waals surface area (Å²) in [5, 5.41) is 13.0. The first-order chi connectivity index (χ1) is 2.89. The molecule has 6 heavy (non-hydrogen) atoms. The van der Waals surface area contributed by atoms with Crippen LogP contribution in [0.5, 0.6) is 0 Å². The second kappa shape index (κ2) is 1.28. The molecular formula is C3H6N2O. The molecule has 0 aromatic heterocycles. The van der Waals surface area contributed by atoms with Crippen LogP contribution in [-0.4, -0.2) is 6.67 Å². The minimum Gasteiger partial charge on any atom is -0.628 e. The van der Waals surface area contributed by atoms with Gasteiger partial charge < -0.3 is 15.6 Å². The van der Waals surface area contributed by atoms with Gasteiger partial charge in [-0.1, -0.05) is 0 Å². The summed E-state index contributed by atoms with van der Waals surface area (Å²) in [6.07, 6.45) is 3.18. The van der Waals surface area contributed by atoms with Crippen molar-refractivity contribution >= 4 is 0 Å². The molecule has 34 valence electrons. The molecule has 0 amide bonds. The Hall–Kier alpha value is -0.540.